The number of nitrogens with zero attached hydrogens (tertiary/aromatic N) is 2. The first-order chi connectivity index (χ1) is 10.6. The molecule has 0 N–H and O–H groups in total. The van der Waals surface area contributed by atoms with Crippen molar-refractivity contribution in [2.45, 2.75) is 26.7 Å². The molecule has 0 atom stereocenters. The number of carbonyl (C=O) groups excluding carboxylic acids is 1. The first-order valence-corrected chi connectivity index (χ1v) is 7.76. The smallest absolute Gasteiger partial charge is 0.178 e. The number of aryl methyl sites for hydroxylation is 1. The molecule has 22 heavy (non-hydrogen) atoms. The largest absolute Gasteiger partial charge is 0.318 e. The van der Waals surface area contributed by atoms with Gasteiger partial charge in [-0.15, -0.1) is 0 Å². The monoisotopic (exact) mass is 300 g/mol. The summed E-state index contributed by atoms with van der Waals surface area (Å²) >= 11 is 0. The maximum Gasteiger partial charge on any atom is 0.178 e. The molecule has 1 aromatic carbocycles. The fourth-order valence-corrected chi connectivity index (χ4v) is 3.29. The molecule has 0 spiro atoms. The number of aromatic nitrogens is 1. The first kappa shape index (κ1) is 15.0. The van der Waals surface area contributed by atoms with Crippen molar-refractivity contribution in [3.8, 4) is 5.69 Å². The van der Waals surface area contributed by atoms with Crippen LogP contribution in [-0.2, 0) is 0 Å². The predicted molar refractivity (Wildman–Crippen MR) is 85.2 cm³/mol. The van der Waals surface area contributed by atoms with Gasteiger partial charge in [0.05, 0.1) is 6.54 Å². The molecule has 0 amide bonds. The van der Waals surface area contributed by atoms with Crippen LogP contribution in [0.25, 0.3) is 5.69 Å². The third-order valence-corrected chi connectivity index (χ3v) is 4.36. The molecule has 0 unspecified atom stereocenters. The number of hydrogen-bond acceptors (Lipinski definition) is 2. The van der Waals surface area contributed by atoms with Crippen LogP contribution in [0.3, 0.4) is 0 Å². The predicted octanol–water partition coefficient (Wildman–Crippen LogP) is 3.51. The van der Waals surface area contributed by atoms with Gasteiger partial charge in [0, 0.05) is 22.6 Å². The minimum absolute atomic E-state index is 0.151. The van der Waals surface area contributed by atoms with Crippen LogP contribution in [0.4, 0.5) is 4.39 Å². The molecule has 1 aliphatic heterocycles. The fraction of sp³-hybridized carbons (Fsp3) is 0.389. The number of Topliss-reactive ketones (excluding diaryl/α,β-unsaturated/α-hetero) is 1. The number of hydrogen-bond donors (Lipinski definition) is 0. The Hall–Kier alpha value is -1.94. The van der Waals surface area contributed by atoms with E-state index in [2.05, 4.69) is 4.90 Å². The normalized spacial score (nSPS) is 15.4. The van der Waals surface area contributed by atoms with Gasteiger partial charge >= 0.3 is 0 Å². The van der Waals surface area contributed by atoms with Crippen LogP contribution < -0.4 is 0 Å². The Morgan fingerprint density at radius 1 is 1.18 bits per heavy atom. The standard InChI is InChI=1S/C18H21FN2O/c1-13-10-17(18(22)12-20-8-3-4-9-20)14(2)21(13)16-7-5-6-15(19)11-16/h5-7,10-11H,3-4,8-9,12H2,1-2H3. The molecule has 1 aliphatic rings. The van der Waals surface area contributed by atoms with Crippen LogP contribution in [0.5, 0.6) is 0 Å². The van der Waals surface area contributed by atoms with Crippen molar-refractivity contribution in [2.75, 3.05) is 19.6 Å². The van der Waals surface area contributed by atoms with E-state index < -0.39 is 0 Å². The molecule has 2 aromatic rings. The van der Waals surface area contributed by atoms with E-state index in [1.54, 1.807) is 6.07 Å². The lowest BCUT2D eigenvalue weighted by Crippen LogP contribution is -2.27. The van der Waals surface area contributed by atoms with E-state index >= 15 is 0 Å². The van der Waals surface area contributed by atoms with E-state index in [1.165, 1.54) is 25.0 Å². The number of benzene rings is 1. The van der Waals surface area contributed by atoms with Gasteiger partial charge < -0.3 is 4.57 Å². The zero-order valence-electron chi connectivity index (χ0n) is 13.1. The molecule has 2 heterocycles. The summed E-state index contributed by atoms with van der Waals surface area (Å²) in [5, 5.41) is 0. The second kappa shape index (κ2) is 6.05. The molecule has 3 rings (SSSR count). The summed E-state index contributed by atoms with van der Waals surface area (Å²) in [7, 11) is 0. The summed E-state index contributed by atoms with van der Waals surface area (Å²) in [6.45, 7) is 6.37. The molecule has 4 heteroatoms. The number of likely N-dealkylation sites (tertiary alicyclic amines) is 1. The summed E-state index contributed by atoms with van der Waals surface area (Å²) in [6, 6.07) is 8.39. The van der Waals surface area contributed by atoms with E-state index in [4.69, 9.17) is 0 Å². The van der Waals surface area contributed by atoms with Gasteiger partial charge in [0.2, 0.25) is 0 Å². The third-order valence-electron chi connectivity index (χ3n) is 4.36. The van der Waals surface area contributed by atoms with Gasteiger partial charge in [-0.2, -0.15) is 0 Å². The van der Waals surface area contributed by atoms with Crippen molar-refractivity contribution >= 4 is 5.78 Å². The Labute approximate surface area is 130 Å². The highest BCUT2D eigenvalue weighted by molar-refractivity contribution is 5.99. The van der Waals surface area contributed by atoms with Crippen LogP contribution in [-0.4, -0.2) is 34.9 Å². The second-order valence-electron chi connectivity index (χ2n) is 6.01. The Bertz CT molecular complexity index is 699. The maximum absolute atomic E-state index is 13.5. The van der Waals surface area contributed by atoms with E-state index in [9.17, 15) is 9.18 Å². The third kappa shape index (κ3) is 2.83. The highest BCUT2D eigenvalue weighted by atomic mass is 19.1. The number of halogens is 1. The van der Waals surface area contributed by atoms with Crippen molar-refractivity contribution in [3.05, 3.63) is 53.1 Å². The van der Waals surface area contributed by atoms with E-state index in [1.807, 2.05) is 30.5 Å². The molecule has 3 nitrogen and oxygen atoms in total. The molecule has 0 saturated carbocycles. The molecular formula is C18H21FN2O. The summed E-state index contributed by atoms with van der Waals surface area (Å²) < 4.78 is 15.4. The zero-order chi connectivity index (χ0) is 15.7. The van der Waals surface area contributed by atoms with Crippen molar-refractivity contribution in [1.29, 1.82) is 0 Å². The van der Waals surface area contributed by atoms with Crippen LogP contribution in [0, 0.1) is 19.7 Å². The zero-order valence-corrected chi connectivity index (χ0v) is 13.1. The average molecular weight is 300 g/mol. The van der Waals surface area contributed by atoms with Crippen LogP contribution in [0.1, 0.15) is 34.6 Å². The Morgan fingerprint density at radius 3 is 2.59 bits per heavy atom. The van der Waals surface area contributed by atoms with E-state index in [0.29, 0.717) is 6.54 Å². The lowest BCUT2D eigenvalue weighted by atomic mass is 10.1. The van der Waals surface area contributed by atoms with E-state index in [0.717, 1.165) is 35.7 Å². The molecular weight excluding hydrogens is 279 g/mol. The molecule has 0 bridgehead atoms. The Kier molecular flexibility index (Phi) is 4.12. The molecule has 0 radical (unpaired) electrons. The number of rotatable bonds is 4. The van der Waals surface area contributed by atoms with Crippen molar-refractivity contribution < 1.29 is 9.18 Å². The summed E-state index contributed by atoms with van der Waals surface area (Å²) in [4.78, 5) is 14.8. The lowest BCUT2D eigenvalue weighted by molar-refractivity contribution is 0.0944. The van der Waals surface area contributed by atoms with E-state index in [-0.39, 0.29) is 11.6 Å². The van der Waals surface area contributed by atoms with Crippen LogP contribution in [0.15, 0.2) is 30.3 Å². The molecule has 116 valence electrons. The summed E-state index contributed by atoms with van der Waals surface area (Å²) in [5.41, 5.74) is 3.34. The number of carbonyl (C=O) groups is 1. The molecule has 1 fully saturated rings. The highest BCUT2D eigenvalue weighted by Gasteiger charge is 2.20. The minimum Gasteiger partial charge on any atom is -0.318 e. The SMILES string of the molecule is Cc1cc(C(=O)CN2CCCC2)c(C)n1-c1cccc(F)c1. The van der Waals surface area contributed by atoms with Gasteiger partial charge in [-0.05, 0) is 64.0 Å². The van der Waals surface area contributed by atoms with Gasteiger partial charge in [-0.3, -0.25) is 9.69 Å². The lowest BCUT2D eigenvalue weighted by Gasteiger charge is -2.13. The number of ketones is 1. The second-order valence-corrected chi connectivity index (χ2v) is 6.01. The fourth-order valence-electron chi connectivity index (χ4n) is 3.29. The Balaban J connectivity index is 1.91. The Morgan fingerprint density at radius 2 is 1.91 bits per heavy atom. The molecule has 0 aliphatic carbocycles. The van der Waals surface area contributed by atoms with Gasteiger partial charge in [-0.25, -0.2) is 4.39 Å². The van der Waals surface area contributed by atoms with Gasteiger partial charge in [0.15, 0.2) is 5.78 Å². The van der Waals surface area contributed by atoms with Crippen LogP contribution >= 0.6 is 0 Å². The van der Waals surface area contributed by atoms with Gasteiger partial charge in [0.25, 0.3) is 0 Å². The quantitative estimate of drug-likeness (QED) is 0.807. The maximum atomic E-state index is 13.5. The first-order valence-electron chi connectivity index (χ1n) is 7.76. The van der Waals surface area contributed by atoms with Gasteiger partial charge in [0.1, 0.15) is 5.82 Å². The topological polar surface area (TPSA) is 25.2 Å². The average Bonchev–Trinajstić information content (AvgIpc) is 3.07. The van der Waals surface area contributed by atoms with Crippen molar-refractivity contribution in [1.82, 2.24) is 9.47 Å². The van der Waals surface area contributed by atoms with Crippen molar-refractivity contribution in [3.63, 3.8) is 0 Å². The molecule has 1 saturated heterocycles. The summed E-state index contributed by atoms with van der Waals surface area (Å²) in [5.74, 6) is -0.118. The summed E-state index contributed by atoms with van der Waals surface area (Å²) in [6.07, 6.45) is 2.35. The van der Waals surface area contributed by atoms with Gasteiger partial charge in [-0.1, -0.05) is 6.07 Å². The van der Waals surface area contributed by atoms with Crippen LogP contribution in [0.2, 0.25) is 0 Å². The van der Waals surface area contributed by atoms with Crippen molar-refractivity contribution in [2.24, 2.45) is 0 Å². The molecule has 1 aromatic heterocycles. The highest BCUT2D eigenvalue weighted by Crippen LogP contribution is 2.22. The minimum atomic E-state index is -0.269.